The zero-order valence-corrected chi connectivity index (χ0v) is 21.4. The summed E-state index contributed by atoms with van der Waals surface area (Å²) < 4.78 is 29.1. The number of hydrogen-bond donors (Lipinski definition) is 2. The van der Waals surface area contributed by atoms with Crippen LogP contribution in [0.15, 0.2) is 40.9 Å². The van der Waals surface area contributed by atoms with Crippen LogP contribution in [0.3, 0.4) is 0 Å². The second-order valence-corrected chi connectivity index (χ2v) is 12.6. The maximum Gasteiger partial charge on any atom is 0.418 e. The van der Waals surface area contributed by atoms with Crippen molar-refractivity contribution in [2.45, 2.75) is 57.2 Å². The Morgan fingerprint density at radius 3 is 2.56 bits per heavy atom. The molecule has 3 aromatic rings. The average Bonchev–Trinajstić information content (AvgIpc) is 3.33. The first kappa shape index (κ1) is 25.5. The van der Waals surface area contributed by atoms with Gasteiger partial charge in [-0.25, -0.2) is 22.9 Å². The molecule has 1 aromatic carbocycles. The summed E-state index contributed by atoms with van der Waals surface area (Å²) in [6.07, 6.45) is 2.61. The smallest absolute Gasteiger partial charge is 0.418 e. The zero-order chi connectivity index (χ0) is 25.3. The summed E-state index contributed by atoms with van der Waals surface area (Å²) in [5.41, 5.74) is 1.82. The molecule has 0 atom stereocenters. The molecule has 0 saturated carbocycles. The van der Waals surface area contributed by atoms with Gasteiger partial charge in [-0.2, -0.15) is 5.26 Å². The van der Waals surface area contributed by atoms with Gasteiger partial charge in [0.25, 0.3) is 10.0 Å². The van der Waals surface area contributed by atoms with Gasteiger partial charge in [-0.3, -0.25) is 0 Å². The number of amides is 1. The molecule has 2 aromatic heterocycles. The number of aromatic nitrogens is 2. The fourth-order valence-corrected chi connectivity index (χ4v) is 6.55. The van der Waals surface area contributed by atoms with Crippen LogP contribution in [-0.4, -0.2) is 29.2 Å². The van der Waals surface area contributed by atoms with Crippen molar-refractivity contribution in [2.24, 2.45) is 5.92 Å². The fraction of sp³-hybridized carbons (Fsp3) is 0.375. The van der Waals surface area contributed by atoms with Crippen LogP contribution in [0.4, 0.5) is 4.79 Å². The first-order valence-corrected chi connectivity index (χ1v) is 13.0. The van der Waals surface area contributed by atoms with Gasteiger partial charge in [-0.15, -0.1) is 11.3 Å². The Balaban J connectivity index is 2.08. The molecule has 0 aliphatic carbocycles. The van der Waals surface area contributed by atoms with E-state index in [4.69, 9.17) is 5.11 Å². The summed E-state index contributed by atoms with van der Waals surface area (Å²) in [5.74, 6) is 1.19. The molecule has 0 aliphatic rings. The van der Waals surface area contributed by atoms with Crippen molar-refractivity contribution in [1.82, 2.24) is 14.3 Å². The lowest BCUT2D eigenvalue weighted by Gasteiger charge is -2.20. The third kappa shape index (κ3) is 5.66. The second-order valence-electron chi connectivity index (χ2n) is 9.54. The van der Waals surface area contributed by atoms with Gasteiger partial charge in [0.05, 0.1) is 11.6 Å². The summed E-state index contributed by atoms with van der Waals surface area (Å²) in [6.45, 7) is 10.8. The van der Waals surface area contributed by atoms with E-state index in [1.807, 2.05) is 30.7 Å². The van der Waals surface area contributed by atoms with Gasteiger partial charge in [-0.05, 0) is 30.0 Å². The standard InChI is InChI=1S/C24H28N4O4S2/c1-15(2)10-18-12-20(21(33-18)34(31,32)27-23(29)30)19-7-6-16(11-17(19)13-25)14-28-9-8-26-22(28)24(3,4)5/h6-9,11-12,15,27H,10,14H2,1-5H3,(H,29,30). The number of nitriles is 1. The highest BCUT2D eigenvalue weighted by molar-refractivity contribution is 7.92. The number of benzene rings is 1. The minimum atomic E-state index is -4.30. The van der Waals surface area contributed by atoms with Crippen molar-refractivity contribution in [3.8, 4) is 17.2 Å². The maximum absolute atomic E-state index is 12.8. The summed E-state index contributed by atoms with van der Waals surface area (Å²) >= 11 is 1.03. The Morgan fingerprint density at radius 1 is 1.26 bits per heavy atom. The minimum absolute atomic E-state index is 0.112. The van der Waals surface area contributed by atoms with E-state index in [9.17, 15) is 18.5 Å². The normalized spacial score (nSPS) is 12.0. The molecule has 8 nitrogen and oxygen atoms in total. The molecule has 34 heavy (non-hydrogen) atoms. The van der Waals surface area contributed by atoms with Gasteiger partial charge in [0.2, 0.25) is 0 Å². The molecule has 180 valence electrons. The van der Waals surface area contributed by atoms with Crippen molar-refractivity contribution in [3.05, 3.63) is 58.5 Å². The van der Waals surface area contributed by atoms with E-state index in [0.717, 1.165) is 27.6 Å². The van der Waals surface area contributed by atoms with E-state index in [2.05, 4.69) is 31.8 Å². The lowest BCUT2D eigenvalue weighted by molar-refractivity contribution is 0.201. The molecule has 0 aliphatic heterocycles. The maximum atomic E-state index is 12.8. The zero-order valence-electron chi connectivity index (χ0n) is 19.8. The average molecular weight is 501 g/mol. The van der Waals surface area contributed by atoms with E-state index in [1.165, 1.54) is 0 Å². The number of nitrogens with one attached hydrogen (secondary N) is 1. The molecule has 0 bridgehead atoms. The number of carbonyl (C=O) groups is 1. The number of nitrogens with zero attached hydrogens (tertiary/aromatic N) is 3. The van der Waals surface area contributed by atoms with Crippen molar-refractivity contribution >= 4 is 27.5 Å². The van der Waals surface area contributed by atoms with Crippen LogP contribution < -0.4 is 4.72 Å². The van der Waals surface area contributed by atoms with Crippen LogP contribution in [0, 0.1) is 17.2 Å². The van der Waals surface area contributed by atoms with Crippen LogP contribution in [0.25, 0.3) is 11.1 Å². The predicted octanol–water partition coefficient (Wildman–Crippen LogP) is 4.98. The van der Waals surface area contributed by atoms with Crippen molar-refractivity contribution < 1.29 is 18.3 Å². The van der Waals surface area contributed by atoms with Crippen molar-refractivity contribution in [3.63, 3.8) is 0 Å². The van der Waals surface area contributed by atoms with Gasteiger partial charge >= 0.3 is 6.09 Å². The Kier molecular flexibility index (Phi) is 7.19. The van der Waals surface area contributed by atoms with E-state index in [1.54, 1.807) is 29.1 Å². The molecule has 0 saturated heterocycles. The van der Waals surface area contributed by atoms with Gasteiger partial charge in [0.15, 0.2) is 0 Å². The molecule has 2 heterocycles. The van der Waals surface area contributed by atoms with Crippen molar-refractivity contribution in [1.29, 1.82) is 5.26 Å². The Hall–Kier alpha value is -3.16. The molecule has 10 heteroatoms. The van der Waals surface area contributed by atoms with E-state index < -0.39 is 16.1 Å². The van der Waals surface area contributed by atoms with Gasteiger partial charge in [-0.1, -0.05) is 46.8 Å². The molecule has 0 radical (unpaired) electrons. The molecule has 1 amide bonds. The number of sulfonamides is 1. The van der Waals surface area contributed by atoms with Crippen LogP contribution in [0.2, 0.25) is 0 Å². The van der Waals surface area contributed by atoms with E-state index in [-0.39, 0.29) is 15.5 Å². The molecule has 2 N–H and O–H groups in total. The Labute approximate surface area is 203 Å². The third-order valence-corrected chi connectivity index (χ3v) is 8.07. The highest BCUT2D eigenvalue weighted by Crippen LogP contribution is 2.38. The van der Waals surface area contributed by atoms with Crippen LogP contribution >= 0.6 is 11.3 Å². The van der Waals surface area contributed by atoms with Crippen LogP contribution in [0.5, 0.6) is 0 Å². The molecule has 0 spiro atoms. The number of carboxylic acid groups (broad SMARTS) is 1. The largest absolute Gasteiger partial charge is 0.464 e. The number of imidazole rings is 1. The molecule has 0 unspecified atom stereocenters. The van der Waals surface area contributed by atoms with Crippen molar-refractivity contribution in [2.75, 3.05) is 0 Å². The molecule has 3 rings (SSSR count). The summed E-state index contributed by atoms with van der Waals surface area (Å²) in [7, 11) is -4.30. The first-order chi connectivity index (χ1) is 15.8. The highest BCUT2D eigenvalue weighted by Gasteiger charge is 2.27. The van der Waals surface area contributed by atoms with Crippen LogP contribution in [0.1, 0.15) is 56.4 Å². The van der Waals surface area contributed by atoms with E-state index in [0.29, 0.717) is 29.7 Å². The van der Waals surface area contributed by atoms with Gasteiger partial charge in [0, 0.05) is 40.4 Å². The topological polar surface area (TPSA) is 125 Å². The predicted molar refractivity (Wildman–Crippen MR) is 131 cm³/mol. The molecule has 0 fully saturated rings. The number of hydrogen-bond acceptors (Lipinski definition) is 6. The highest BCUT2D eigenvalue weighted by atomic mass is 32.2. The Bertz CT molecular complexity index is 1360. The minimum Gasteiger partial charge on any atom is -0.464 e. The van der Waals surface area contributed by atoms with Gasteiger partial charge in [0.1, 0.15) is 10.0 Å². The molecular weight excluding hydrogens is 472 g/mol. The first-order valence-electron chi connectivity index (χ1n) is 10.7. The number of rotatable bonds is 7. The second kappa shape index (κ2) is 9.60. The lowest BCUT2D eigenvalue weighted by atomic mass is 9.95. The third-order valence-electron chi connectivity index (χ3n) is 5.06. The summed E-state index contributed by atoms with van der Waals surface area (Å²) in [6, 6.07) is 9.23. The fourth-order valence-electron chi connectivity index (χ4n) is 3.77. The van der Waals surface area contributed by atoms with Crippen LogP contribution in [-0.2, 0) is 28.4 Å². The Morgan fingerprint density at radius 2 is 1.97 bits per heavy atom. The lowest BCUT2D eigenvalue weighted by Crippen LogP contribution is -2.28. The number of thiophene rings is 1. The SMILES string of the molecule is CC(C)Cc1cc(-c2ccc(Cn3ccnc3C(C)(C)C)cc2C#N)c(S(=O)(=O)NC(=O)O)s1. The van der Waals surface area contributed by atoms with Gasteiger partial charge < -0.3 is 9.67 Å². The summed E-state index contributed by atoms with van der Waals surface area (Å²) in [4.78, 5) is 16.4. The summed E-state index contributed by atoms with van der Waals surface area (Å²) in [5, 5.41) is 18.9. The van der Waals surface area contributed by atoms with E-state index >= 15 is 0 Å². The monoisotopic (exact) mass is 500 g/mol. The quantitative estimate of drug-likeness (QED) is 0.471. The molecular formula is C24H28N4O4S2.